The van der Waals surface area contributed by atoms with Gasteiger partial charge in [-0.2, -0.15) is 0 Å². The molecule has 82 valence electrons. The number of nitrogen functional groups attached to an aromatic ring is 1. The molecule has 0 radical (unpaired) electrons. The molecule has 0 atom stereocenters. The molecule has 0 spiro atoms. The Labute approximate surface area is 96.5 Å². The predicted octanol–water partition coefficient (Wildman–Crippen LogP) is 3.21. The van der Waals surface area contributed by atoms with E-state index < -0.39 is 4.92 Å². The number of thiophene rings is 1. The van der Waals surface area contributed by atoms with Gasteiger partial charge in [-0.3, -0.25) is 10.1 Å². The Morgan fingerprint density at radius 1 is 1.31 bits per heavy atom. The highest BCUT2D eigenvalue weighted by Gasteiger charge is 2.09. The zero-order valence-corrected chi connectivity index (χ0v) is 9.45. The fourth-order valence-electron chi connectivity index (χ4n) is 1.52. The molecule has 1 aromatic heterocycles. The summed E-state index contributed by atoms with van der Waals surface area (Å²) in [6.45, 7) is 1.98. The second-order valence-corrected chi connectivity index (χ2v) is 4.73. The van der Waals surface area contributed by atoms with E-state index in [2.05, 4.69) is 0 Å². The van der Waals surface area contributed by atoms with Crippen LogP contribution in [0.5, 0.6) is 0 Å². The van der Waals surface area contributed by atoms with E-state index in [0.717, 1.165) is 21.0 Å². The fraction of sp³-hybridized carbons (Fsp3) is 0.0909. The summed E-state index contributed by atoms with van der Waals surface area (Å²) in [4.78, 5) is 11.2. The number of non-ortho nitro benzene ring substituents is 1. The first kappa shape index (κ1) is 10.6. The van der Waals surface area contributed by atoms with Gasteiger partial charge in [0.1, 0.15) is 0 Å². The Morgan fingerprint density at radius 2 is 1.94 bits per heavy atom. The summed E-state index contributed by atoms with van der Waals surface area (Å²) in [5.41, 5.74) is 7.80. The fourth-order valence-corrected chi connectivity index (χ4v) is 2.33. The van der Waals surface area contributed by atoms with Crippen LogP contribution in [-0.2, 0) is 0 Å². The maximum absolute atomic E-state index is 10.5. The summed E-state index contributed by atoms with van der Waals surface area (Å²) in [6, 6.07) is 8.40. The van der Waals surface area contributed by atoms with E-state index >= 15 is 0 Å². The smallest absolute Gasteiger partial charge is 0.269 e. The number of nitrogens with two attached hydrogens (primary N) is 1. The third-order valence-electron chi connectivity index (χ3n) is 2.27. The average molecular weight is 234 g/mol. The third-order valence-corrected chi connectivity index (χ3v) is 3.15. The molecule has 2 N–H and O–H groups in total. The summed E-state index contributed by atoms with van der Waals surface area (Å²) in [6.07, 6.45) is 0. The molecular weight excluding hydrogens is 224 g/mol. The van der Waals surface area contributed by atoms with Gasteiger partial charge in [0.25, 0.3) is 5.69 Å². The lowest BCUT2D eigenvalue weighted by Crippen LogP contribution is -1.88. The molecule has 16 heavy (non-hydrogen) atoms. The molecule has 0 fully saturated rings. The van der Waals surface area contributed by atoms with Crippen molar-refractivity contribution in [3.63, 3.8) is 0 Å². The summed E-state index contributed by atoms with van der Waals surface area (Å²) >= 11 is 1.52. The van der Waals surface area contributed by atoms with Gasteiger partial charge in [-0.1, -0.05) is 0 Å². The molecular formula is C11H10N2O2S. The zero-order chi connectivity index (χ0) is 11.7. The van der Waals surface area contributed by atoms with Crippen LogP contribution in [0.25, 0.3) is 11.1 Å². The number of anilines is 1. The number of hydrogen-bond donors (Lipinski definition) is 1. The van der Waals surface area contributed by atoms with Gasteiger partial charge in [0.15, 0.2) is 0 Å². The molecule has 1 aromatic carbocycles. The summed E-state index contributed by atoms with van der Waals surface area (Å²) in [7, 11) is 0. The highest BCUT2D eigenvalue weighted by atomic mass is 32.1. The van der Waals surface area contributed by atoms with Gasteiger partial charge in [-0.05, 0) is 30.7 Å². The molecule has 0 aliphatic carbocycles. The van der Waals surface area contributed by atoms with Crippen LogP contribution < -0.4 is 5.73 Å². The first-order valence-corrected chi connectivity index (χ1v) is 5.50. The second kappa shape index (κ2) is 3.94. The quantitative estimate of drug-likeness (QED) is 0.640. The van der Waals surface area contributed by atoms with E-state index in [1.54, 1.807) is 12.1 Å². The summed E-state index contributed by atoms with van der Waals surface area (Å²) in [5, 5.41) is 11.2. The molecule has 5 heteroatoms. The maximum Gasteiger partial charge on any atom is 0.269 e. The van der Waals surface area contributed by atoms with Crippen molar-refractivity contribution in [3.8, 4) is 11.1 Å². The Hall–Kier alpha value is -1.88. The average Bonchev–Trinajstić information content (AvgIpc) is 2.58. The van der Waals surface area contributed by atoms with Gasteiger partial charge in [0, 0.05) is 22.6 Å². The van der Waals surface area contributed by atoms with Crippen LogP contribution in [0, 0.1) is 17.0 Å². The molecule has 2 rings (SSSR count). The Morgan fingerprint density at radius 3 is 2.38 bits per heavy atom. The van der Waals surface area contributed by atoms with Crippen LogP contribution in [0.3, 0.4) is 0 Å². The van der Waals surface area contributed by atoms with Crippen LogP contribution >= 0.6 is 11.3 Å². The number of hydrogen-bond acceptors (Lipinski definition) is 4. The van der Waals surface area contributed by atoms with E-state index in [-0.39, 0.29) is 5.69 Å². The number of nitrogens with zero attached hydrogens (tertiary/aromatic N) is 1. The Balaban J connectivity index is 2.42. The van der Waals surface area contributed by atoms with E-state index in [1.807, 2.05) is 13.0 Å². The Kier molecular flexibility index (Phi) is 2.62. The minimum atomic E-state index is -0.411. The number of rotatable bonds is 2. The van der Waals surface area contributed by atoms with Crippen molar-refractivity contribution in [1.82, 2.24) is 0 Å². The Bertz CT molecular complexity index is 531. The van der Waals surface area contributed by atoms with Crippen LogP contribution in [0.1, 0.15) is 4.88 Å². The van der Waals surface area contributed by atoms with Crippen molar-refractivity contribution in [2.75, 3.05) is 5.73 Å². The first-order valence-electron chi connectivity index (χ1n) is 4.68. The lowest BCUT2D eigenvalue weighted by Gasteiger charge is -1.99. The summed E-state index contributed by atoms with van der Waals surface area (Å²) < 4.78 is 0. The molecule has 1 heterocycles. The molecule has 0 aliphatic rings. The molecule has 0 saturated heterocycles. The lowest BCUT2D eigenvalue weighted by atomic mass is 10.1. The van der Waals surface area contributed by atoms with Crippen LogP contribution in [0.4, 0.5) is 10.7 Å². The zero-order valence-electron chi connectivity index (χ0n) is 8.64. The van der Waals surface area contributed by atoms with Crippen molar-refractivity contribution in [3.05, 3.63) is 45.3 Å². The van der Waals surface area contributed by atoms with Crippen molar-refractivity contribution in [2.24, 2.45) is 0 Å². The van der Waals surface area contributed by atoms with Crippen LogP contribution in [0.2, 0.25) is 0 Å². The van der Waals surface area contributed by atoms with E-state index in [0.29, 0.717) is 0 Å². The number of benzene rings is 1. The van der Waals surface area contributed by atoms with Gasteiger partial charge in [-0.25, -0.2) is 0 Å². The van der Waals surface area contributed by atoms with E-state index in [1.165, 1.54) is 23.5 Å². The van der Waals surface area contributed by atoms with Crippen molar-refractivity contribution >= 4 is 22.0 Å². The second-order valence-electron chi connectivity index (χ2n) is 3.44. The molecule has 0 aliphatic heterocycles. The monoisotopic (exact) mass is 234 g/mol. The van der Waals surface area contributed by atoms with E-state index in [4.69, 9.17) is 5.73 Å². The minimum absolute atomic E-state index is 0.0919. The predicted molar refractivity (Wildman–Crippen MR) is 65.6 cm³/mol. The highest BCUT2D eigenvalue weighted by molar-refractivity contribution is 7.16. The van der Waals surface area contributed by atoms with Gasteiger partial charge in [0.05, 0.1) is 9.92 Å². The minimum Gasteiger partial charge on any atom is -0.390 e. The molecule has 2 aromatic rings. The maximum atomic E-state index is 10.5. The summed E-state index contributed by atoms with van der Waals surface area (Å²) in [5.74, 6) is 0. The van der Waals surface area contributed by atoms with Gasteiger partial charge in [0.2, 0.25) is 0 Å². The molecule has 0 unspecified atom stereocenters. The first-order chi connectivity index (χ1) is 7.58. The van der Waals surface area contributed by atoms with Gasteiger partial charge >= 0.3 is 0 Å². The van der Waals surface area contributed by atoms with Crippen molar-refractivity contribution in [1.29, 1.82) is 0 Å². The standard InChI is InChI=1S/C11H10N2O2S/c1-7-6-10(11(12)16-7)8-2-4-9(5-3-8)13(14)15/h2-6H,12H2,1H3. The highest BCUT2D eigenvalue weighted by Crippen LogP contribution is 2.34. The van der Waals surface area contributed by atoms with Gasteiger partial charge in [-0.15, -0.1) is 11.3 Å². The van der Waals surface area contributed by atoms with Crippen LogP contribution in [0.15, 0.2) is 30.3 Å². The van der Waals surface area contributed by atoms with Crippen molar-refractivity contribution < 1.29 is 4.92 Å². The van der Waals surface area contributed by atoms with Crippen LogP contribution in [-0.4, -0.2) is 4.92 Å². The third kappa shape index (κ3) is 1.90. The molecule has 4 nitrogen and oxygen atoms in total. The number of aryl methyl sites for hydroxylation is 1. The van der Waals surface area contributed by atoms with E-state index in [9.17, 15) is 10.1 Å². The lowest BCUT2D eigenvalue weighted by molar-refractivity contribution is -0.384. The van der Waals surface area contributed by atoms with Crippen molar-refractivity contribution in [2.45, 2.75) is 6.92 Å². The molecule has 0 saturated carbocycles. The largest absolute Gasteiger partial charge is 0.390 e. The molecule has 0 amide bonds. The SMILES string of the molecule is Cc1cc(-c2ccc([N+](=O)[O-])cc2)c(N)s1. The number of nitro benzene ring substituents is 1. The molecule has 0 bridgehead atoms. The number of nitro groups is 1. The van der Waals surface area contributed by atoms with Gasteiger partial charge < -0.3 is 5.73 Å². The topological polar surface area (TPSA) is 69.2 Å². The normalized spacial score (nSPS) is 10.3.